The highest BCUT2D eigenvalue weighted by Crippen LogP contribution is 2.42. The van der Waals surface area contributed by atoms with Crippen LogP contribution in [-0.4, -0.2) is 19.5 Å². The quantitative estimate of drug-likeness (QED) is 0.171. The zero-order valence-corrected chi connectivity index (χ0v) is 31.0. The summed E-state index contributed by atoms with van der Waals surface area (Å²) < 4.78 is 4.98. The van der Waals surface area contributed by atoms with Gasteiger partial charge in [-0.2, -0.15) is 0 Å². The minimum Gasteiger partial charge on any atom is -0.309 e. The summed E-state index contributed by atoms with van der Waals surface area (Å²) in [4.78, 5) is 15.5. The fourth-order valence-electron chi connectivity index (χ4n) is 7.95. The highest BCUT2D eigenvalue weighted by Gasteiger charge is 2.19. The highest BCUT2D eigenvalue weighted by atomic mass is 32.1. The van der Waals surface area contributed by atoms with Crippen molar-refractivity contribution in [2.75, 3.05) is 0 Å². The molecule has 0 aliphatic heterocycles. The van der Waals surface area contributed by atoms with Crippen molar-refractivity contribution in [2.45, 2.75) is 0 Å². The van der Waals surface area contributed by atoms with Gasteiger partial charge in [0.2, 0.25) is 0 Å². The van der Waals surface area contributed by atoms with Gasteiger partial charge >= 0.3 is 0 Å². The van der Waals surface area contributed by atoms with Crippen LogP contribution in [0, 0.1) is 0 Å². The van der Waals surface area contributed by atoms with E-state index in [1.54, 1.807) is 0 Å². The van der Waals surface area contributed by atoms with Gasteiger partial charge in [-0.05, 0) is 70.8 Å². The van der Waals surface area contributed by atoms with Crippen LogP contribution in [0.3, 0.4) is 0 Å². The maximum absolute atomic E-state index is 5.25. The van der Waals surface area contributed by atoms with Gasteiger partial charge in [0.1, 0.15) is 0 Å². The maximum Gasteiger partial charge on any atom is 0.164 e. The molecule has 3 heterocycles. The molecule has 0 bridgehead atoms. The number of aromatic nitrogens is 4. The first-order valence-electron chi connectivity index (χ1n) is 18.8. The van der Waals surface area contributed by atoms with E-state index in [0.717, 1.165) is 50.1 Å². The number of rotatable bonds is 6. The summed E-state index contributed by atoms with van der Waals surface area (Å²) in [5.41, 5.74) is 10.6. The average molecular weight is 733 g/mol. The molecule has 0 N–H and O–H groups in total. The van der Waals surface area contributed by atoms with Gasteiger partial charge < -0.3 is 4.57 Å². The number of hydrogen-bond donors (Lipinski definition) is 0. The summed E-state index contributed by atoms with van der Waals surface area (Å²) in [6, 6.07) is 68.6. The molecule has 0 aliphatic carbocycles. The summed E-state index contributed by atoms with van der Waals surface area (Å²) in [7, 11) is 0. The molecule has 11 rings (SSSR count). The molecular formula is C51H32N4S. The van der Waals surface area contributed by atoms with Gasteiger partial charge in [-0.3, -0.25) is 0 Å². The molecule has 0 atom stereocenters. The second-order valence-corrected chi connectivity index (χ2v) is 15.2. The van der Waals surface area contributed by atoms with Crippen molar-refractivity contribution in [2.24, 2.45) is 0 Å². The predicted octanol–water partition coefficient (Wildman–Crippen LogP) is 13.7. The third kappa shape index (κ3) is 5.56. The number of benzene rings is 8. The van der Waals surface area contributed by atoms with Gasteiger partial charge in [0.05, 0.1) is 11.0 Å². The van der Waals surface area contributed by atoms with E-state index in [4.69, 9.17) is 15.0 Å². The Kier molecular flexibility index (Phi) is 7.64. The molecule has 8 aromatic carbocycles. The summed E-state index contributed by atoms with van der Waals surface area (Å²) in [5.74, 6) is 1.87. The largest absolute Gasteiger partial charge is 0.309 e. The lowest BCUT2D eigenvalue weighted by atomic mass is 10.0. The normalized spacial score (nSPS) is 11.6. The Hall–Kier alpha value is -7.21. The van der Waals surface area contributed by atoms with Crippen molar-refractivity contribution < 1.29 is 0 Å². The topological polar surface area (TPSA) is 43.6 Å². The Balaban J connectivity index is 1.17. The minimum absolute atomic E-state index is 0.616. The fraction of sp³-hybridized carbons (Fsp3) is 0. The van der Waals surface area contributed by atoms with E-state index < -0.39 is 0 Å². The molecule has 56 heavy (non-hydrogen) atoms. The summed E-state index contributed by atoms with van der Waals surface area (Å²) >= 11 is 1.85. The highest BCUT2D eigenvalue weighted by molar-refractivity contribution is 7.25. The standard InChI is InChI=1S/C51H32N4S/c1-4-15-33(16-5-1)36-21-14-22-37(27-36)50-52-49(35-19-8-3-9-20-35)53-51(54-50)39-28-38(34-17-6-2-7-18-34)29-40(30-39)55-45-25-12-10-23-41(45)43-31-44-42-24-11-13-26-47(42)56-48(44)32-46(43)55/h1-32H. The first-order valence-corrected chi connectivity index (χ1v) is 19.6. The van der Waals surface area contributed by atoms with Crippen molar-refractivity contribution >= 4 is 53.3 Å². The molecule has 0 saturated carbocycles. The van der Waals surface area contributed by atoms with Crippen LogP contribution < -0.4 is 0 Å². The zero-order chi connectivity index (χ0) is 37.0. The van der Waals surface area contributed by atoms with Gasteiger partial charge in [-0.15, -0.1) is 11.3 Å². The van der Waals surface area contributed by atoms with Gasteiger partial charge in [0.25, 0.3) is 0 Å². The van der Waals surface area contributed by atoms with Crippen molar-refractivity contribution in [3.05, 3.63) is 194 Å². The lowest BCUT2D eigenvalue weighted by Crippen LogP contribution is -2.02. The number of para-hydroxylation sites is 1. The van der Waals surface area contributed by atoms with Crippen molar-refractivity contribution in [3.63, 3.8) is 0 Å². The summed E-state index contributed by atoms with van der Waals surface area (Å²) in [6.07, 6.45) is 0. The van der Waals surface area contributed by atoms with Crippen LogP contribution in [-0.2, 0) is 0 Å². The predicted molar refractivity (Wildman–Crippen MR) is 234 cm³/mol. The monoisotopic (exact) mass is 732 g/mol. The molecule has 0 fully saturated rings. The van der Waals surface area contributed by atoms with E-state index in [2.05, 4.69) is 174 Å². The van der Waals surface area contributed by atoms with E-state index >= 15 is 0 Å². The second-order valence-electron chi connectivity index (χ2n) is 14.1. The van der Waals surface area contributed by atoms with Crippen LogP contribution in [0.5, 0.6) is 0 Å². The maximum atomic E-state index is 5.25. The van der Waals surface area contributed by atoms with Gasteiger partial charge in [0.15, 0.2) is 17.5 Å². The smallest absolute Gasteiger partial charge is 0.164 e. The van der Waals surface area contributed by atoms with E-state index in [1.165, 1.54) is 36.5 Å². The van der Waals surface area contributed by atoms with Crippen LogP contribution in [0.25, 0.3) is 104 Å². The zero-order valence-electron chi connectivity index (χ0n) is 30.2. The molecule has 0 unspecified atom stereocenters. The number of fused-ring (bicyclic) bond motifs is 6. The van der Waals surface area contributed by atoms with Crippen LogP contribution in [0.4, 0.5) is 0 Å². The lowest BCUT2D eigenvalue weighted by Gasteiger charge is -2.14. The molecule has 0 amide bonds. The molecule has 0 aliphatic rings. The van der Waals surface area contributed by atoms with E-state index in [-0.39, 0.29) is 0 Å². The SMILES string of the molecule is c1ccc(-c2cccc(-c3nc(-c4ccccc4)nc(-c4cc(-c5ccccc5)cc(-n5c6ccccc6c6cc7c(cc65)sc5ccccc57)c4)n3)c2)cc1. The van der Waals surface area contributed by atoms with Crippen LogP contribution in [0.1, 0.15) is 0 Å². The molecule has 4 nitrogen and oxygen atoms in total. The Morgan fingerprint density at radius 3 is 1.59 bits per heavy atom. The Morgan fingerprint density at radius 2 is 0.839 bits per heavy atom. The van der Waals surface area contributed by atoms with Crippen LogP contribution in [0.15, 0.2) is 194 Å². The number of hydrogen-bond acceptors (Lipinski definition) is 4. The molecule has 3 aromatic heterocycles. The van der Waals surface area contributed by atoms with Crippen LogP contribution in [0.2, 0.25) is 0 Å². The second kappa shape index (κ2) is 13.3. The van der Waals surface area contributed by atoms with Gasteiger partial charge in [-0.1, -0.05) is 146 Å². The third-order valence-corrected chi connectivity index (χ3v) is 11.7. The number of nitrogens with zero attached hydrogens (tertiary/aromatic N) is 4. The summed E-state index contributed by atoms with van der Waals surface area (Å²) in [5, 5.41) is 5.05. The molecule has 11 aromatic rings. The van der Waals surface area contributed by atoms with E-state index in [0.29, 0.717) is 17.5 Å². The molecular weight excluding hydrogens is 701 g/mol. The Labute approximate surface area is 327 Å². The molecule has 0 spiro atoms. The van der Waals surface area contributed by atoms with Crippen LogP contribution >= 0.6 is 11.3 Å². The average Bonchev–Trinajstić information content (AvgIpc) is 3.81. The first-order chi connectivity index (χ1) is 27.7. The Bertz CT molecular complexity index is 3240. The third-order valence-electron chi connectivity index (χ3n) is 10.6. The molecule has 5 heteroatoms. The van der Waals surface area contributed by atoms with Gasteiger partial charge in [0, 0.05) is 53.3 Å². The molecule has 0 saturated heterocycles. The molecule has 0 radical (unpaired) electrons. The minimum atomic E-state index is 0.616. The molecule has 262 valence electrons. The summed E-state index contributed by atoms with van der Waals surface area (Å²) in [6.45, 7) is 0. The lowest BCUT2D eigenvalue weighted by molar-refractivity contribution is 1.07. The van der Waals surface area contributed by atoms with E-state index in [9.17, 15) is 0 Å². The van der Waals surface area contributed by atoms with Crippen molar-refractivity contribution in [3.8, 4) is 62.1 Å². The Morgan fingerprint density at radius 1 is 0.304 bits per heavy atom. The fourth-order valence-corrected chi connectivity index (χ4v) is 9.07. The van der Waals surface area contributed by atoms with Crippen molar-refractivity contribution in [1.29, 1.82) is 0 Å². The number of thiophene rings is 1. The first kappa shape index (κ1) is 32.2. The van der Waals surface area contributed by atoms with Crippen molar-refractivity contribution in [1.82, 2.24) is 19.5 Å². The van der Waals surface area contributed by atoms with Gasteiger partial charge in [-0.25, -0.2) is 15.0 Å². The van der Waals surface area contributed by atoms with E-state index in [1.807, 2.05) is 35.6 Å².